The molecule has 1 N–H and O–H groups in total. The summed E-state index contributed by atoms with van der Waals surface area (Å²) in [7, 11) is 0. The Kier molecular flexibility index (Phi) is 5.92. The molecule has 1 saturated heterocycles. The van der Waals surface area contributed by atoms with Crippen LogP contribution in [0.15, 0.2) is 18.2 Å². The van der Waals surface area contributed by atoms with E-state index in [-0.39, 0.29) is 0 Å². The van der Waals surface area contributed by atoms with Crippen molar-refractivity contribution in [3.05, 3.63) is 33.8 Å². The van der Waals surface area contributed by atoms with Crippen molar-refractivity contribution in [1.29, 1.82) is 0 Å². The lowest BCUT2D eigenvalue weighted by molar-refractivity contribution is -0.0107. The van der Waals surface area contributed by atoms with E-state index >= 15 is 0 Å². The summed E-state index contributed by atoms with van der Waals surface area (Å²) < 4.78 is 5.56. The highest BCUT2D eigenvalue weighted by Crippen LogP contribution is 2.24. The predicted octanol–water partition coefficient (Wildman–Crippen LogP) is 2.80. The fraction of sp³-hybridized carbons (Fsp3) is 0.571. The first kappa shape index (κ1) is 15.1. The maximum absolute atomic E-state index is 6.06. The van der Waals surface area contributed by atoms with Gasteiger partial charge >= 0.3 is 0 Å². The predicted molar refractivity (Wildman–Crippen MR) is 80.0 cm³/mol. The third-order valence-electron chi connectivity index (χ3n) is 3.35. The van der Waals surface area contributed by atoms with Gasteiger partial charge in [-0.1, -0.05) is 36.2 Å². The van der Waals surface area contributed by atoms with E-state index < -0.39 is 0 Å². The van der Waals surface area contributed by atoms with Crippen molar-refractivity contribution in [2.75, 3.05) is 32.8 Å². The lowest BCUT2D eigenvalue weighted by Crippen LogP contribution is -2.49. The van der Waals surface area contributed by atoms with Gasteiger partial charge in [-0.2, -0.15) is 0 Å². The molecular formula is C14H20Cl2N2O. The molecule has 2 rings (SSSR count). The highest BCUT2D eigenvalue weighted by atomic mass is 35.5. The first-order chi connectivity index (χ1) is 9.20. The monoisotopic (exact) mass is 302 g/mol. The normalized spacial score (nSPS) is 20.7. The van der Waals surface area contributed by atoms with Gasteiger partial charge < -0.3 is 10.1 Å². The van der Waals surface area contributed by atoms with Crippen molar-refractivity contribution in [1.82, 2.24) is 10.2 Å². The molecule has 1 atom stereocenters. The van der Waals surface area contributed by atoms with E-state index in [2.05, 4.69) is 17.1 Å². The summed E-state index contributed by atoms with van der Waals surface area (Å²) in [4.78, 5) is 2.44. The van der Waals surface area contributed by atoms with Crippen LogP contribution in [-0.4, -0.2) is 43.8 Å². The maximum atomic E-state index is 6.06. The van der Waals surface area contributed by atoms with Gasteiger partial charge in [0.2, 0.25) is 0 Å². The van der Waals surface area contributed by atoms with Gasteiger partial charge in [-0.05, 0) is 24.2 Å². The van der Waals surface area contributed by atoms with Gasteiger partial charge in [-0.25, -0.2) is 0 Å². The van der Waals surface area contributed by atoms with Crippen molar-refractivity contribution in [3.8, 4) is 0 Å². The van der Waals surface area contributed by atoms with E-state index in [1.807, 2.05) is 18.2 Å². The Morgan fingerprint density at radius 3 is 2.95 bits per heavy atom. The van der Waals surface area contributed by atoms with E-state index in [1.54, 1.807) is 0 Å². The van der Waals surface area contributed by atoms with Crippen molar-refractivity contribution in [3.63, 3.8) is 0 Å². The topological polar surface area (TPSA) is 24.5 Å². The maximum Gasteiger partial charge on any atom is 0.0635 e. The standard InChI is InChI=1S/C14H20Cl2N2O/c1-2-17-8-12-10-19-6-5-18(12)9-11-3-4-13(15)14(16)7-11/h3-4,7,12,17H,2,5-6,8-10H2,1H3. The van der Waals surface area contributed by atoms with Crippen molar-refractivity contribution in [2.24, 2.45) is 0 Å². The minimum absolute atomic E-state index is 0.420. The summed E-state index contributed by atoms with van der Waals surface area (Å²) >= 11 is 12.0. The molecule has 0 bridgehead atoms. The number of hydrogen-bond acceptors (Lipinski definition) is 3. The van der Waals surface area contributed by atoms with Crippen molar-refractivity contribution < 1.29 is 4.74 Å². The second kappa shape index (κ2) is 7.46. The molecule has 1 fully saturated rings. The Labute approximate surface area is 124 Å². The molecular weight excluding hydrogens is 283 g/mol. The average Bonchev–Trinajstić information content (AvgIpc) is 2.42. The van der Waals surface area contributed by atoms with E-state index in [0.717, 1.165) is 39.4 Å². The zero-order valence-corrected chi connectivity index (χ0v) is 12.7. The molecule has 5 heteroatoms. The Hall–Kier alpha value is -0.320. The number of ether oxygens (including phenoxy) is 1. The van der Waals surface area contributed by atoms with Crippen LogP contribution in [-0.2, 0) is 11.3 Å². The van der Waals surface area contributed by atoms with Crippen molar-refractivity contribution >= 4 is 23.2 Å². The molecule has 1 aliphatic rings. The van der Waals surface area contributed by atoms with Gasteiger partial charge in [0.05, 0.1) is 23.3 Å². The average molecular weight is 303 g/mol. The Morgan fingerprint density at radius 2 is 2.21 bits per heavy atom. The second-order valence-corrected chi connectivity index (χ2v) is 5.57. The summed E-state index contributed by atoms with van der Waals surface area (Å²) in [6, 6.07) is 6.26. The van der Waals surface area contributed by atoms with Crippen LogP contribution in [0.3, 0.4) is 0 Å². The van der Waals surface area contributed by atoms with E-state index in [0.29, 0.717) is 16.1 Å². The summed E-state index contributed by atoms with van der Waals surface area (Å²) in [6.45, 7) is 7.48. The van der Waals surface area contributed by atoms with Crippen LogP contribution in [0.25, 0.3) is 0 Å². The number of hydrogen-bond donors (Lipinski definition) is 1. The summed E-state index contributed by atoms with van der Waals surface area (Å²) in [6.07, 6.45) is 0. The lowest BCUT2D eigenvalue weighted by Gasteiger charge is -2.35. The van der Waals surface area contributed by atoms with E-state index in [1.165, 1.54) is 5.56 Å². The molecule has 0 spiro atoms. The van der Waals surface area contributed by atoms with E-state index in [4.69, 9.17) is 27.9 Å². The van der Waals surface area contributed by atoms with Crippen molar-refractivity contribution in [2.45, 2.75) is 19.5 Å². The zero-order valence-electron chi connectivity index (χ0n) is 11.2. The second-order valence-electron chi connectivity index (χ2n) is 4.76. The van der Waals surface area contributed by atoms with Crippen LogP contribution in [0.5, 0.6) is 0 Å². The molecule has 1 unspecified atom stereocenters. The Bertz CT molecular complexity index is 414. The van der Waals surface area contributed by atoms with Crippen LogP contribution < -0.4 is 5.32 Å². The molecule has 1 aromatic rings. The molecule has 0 saturated carbocycles. The van der Waals surface area contributed by atoms with Gasteiger partial charge in [0.25, 0.3) is 0 Å². The molecule has 106 valence electrons. The van der Waals surface area contributed by atoms with Crippen LogP contribution >= 0.6 is 23.2 Å². The summed E-state index contributed by atoms with van der Waals surface area (Å²) in [5, 5.41) is 4.61. The quantitative estimate of drug-likeness (QED) is 0.905. The molecule has 1 aromatic carbocycles. The molecule has 1 aliphatic heterocycles. The number of morpholine rings is 1. The minimum Gasteiger partial charge on any atom is -0.378 e. The van der Waals surface area contributed by atoms with Gasteiger partial charge in [0.15, 0.2) is 0 Å². The molecule has 0 aromatic heterocycles. The Morgan fingerprint density at radius 1 is 1.37 bits per heavy atom. The van der Waals surface area contributed by atoms with Gasteiger partial charge in [-0.15, -0.1) is 0 Å². The SMILES string of the molecule is CCNCC1COCCN1Cc1ccc(Cl)c(Cl)c1. The minimum atomic E-state index is 0.420. The van der Waals surface area contributed by atoms with Crippen LogP contribution in [0.4, 0.5) is 0 Å². The molecule has 1 heterocycles. The number of likely N-dealkylation sites (N-methyl/N-ethyl adjacent to an activating group) is 1. The van der Waals surface area contributed by atoms with Crippen LogP contribution in [0.1, 0.15) is 12.5 Å². The summed E-state index contributed by atoms with van der Waals surface area (Å²) in [5.74, 6) is 0. The largest absolute Gasteiger partial charge is 0.378 e. The number of nitrogens with zero attached hydrogens (tertiary/aromatic N) is 1. The number of halogens is 2. The lowest BCUT2D eigenvalue weighted by atomic mass is 10.1. The molecule has 0 aliphatic carbocycles. The number of benzene rings is 1. The highest BCUT2D eigenvalue weighted by molar-refractivity contribution is 6.42. The van der Waals surface area contributed by atoms with Gasteiger partial charge in [0, 0.05) is 25.7 Å². The third kappa shape index (κ3) is 4.33. The third-order valence-corrected chi connectivity index (χ3v) is 4.09. The summed E-state index contributed by atoms with van der Waals surface area (Å²) in [5.41, 5.74) is 1.19. The smallest absolute Gasteiger partial charge is 0.0635 e. The first-order valence-corrected chi connectivity index (χ1v) is 7.42. The number of nitrogens with one attached hydrogen (secondary N) is 1. The molecule has 19 heavy (non-hydrogen) atoms. The van der Waals surface area contributed by atoms with Crippen LogP contribution in [0.2, 0.25) is 10.0 Å². The fourth-order valence-corrected chi connectivity index (χ4v) is 2.59. The Balaban J connectivity index is 1.99. The van der Waals surface area contributed by atoms with Gasteiger partial charge in [0.1, 0.15) is 0 Å². The fourth-order valence-electron chi connectivity index (χ4n) is 2.27. The first-order valence-electron chi connectivity index (χ1n) is 6.67. The number of rotatable bonds is 5. The van der Waals surface area contributed by atoms with Crippen LogP contribution in [0, 0.1) is 0 Å². The van der Waals surface area contributed by atoms with E-state index in [9.17, 15) is 0 Å². The molecule has 3 nitrogen and oxygen atoms in total. The van der Waals surface area contributed by atoms with Gasteiger partial charge in [-0.3, -0.25) is 4.90 Å². The molecule has 0 amide bonds. The zero-order chi connectivity index (χ0) is 13.7. The molecule has 0 radical (unpaired) electrons. The highest BCUT2D eigenvalue weighted by Gasteiger charge is 2.22.